The molecular formula is C12H6F5N3. The second-order valence-electron chi connectivity index (χ2n) is 3.71. The lowest BCUT2D eigenvalue weighted by Gasteiger charge is -2.02. The number of nitrogen functional groups attached to an aromatic ring is 1. The van der Waals surface area contributed by atoms with Crippen LogP contribution in [0.4, 0.5) is 39.0 Å². The maximum absolute atomic E-state index is 13.3. The van der Waals surface area contributed by atoms with Crippen LogP contribution in [-0.4, -0.2) is 0 Å². The Bertz CT molecular complexity index is 653. The molecule has 2 N–H and O–H groups in total. The van der Waals surface area contributed by atoms with Gasteiger partial charge in [0.2, 0.25) is 5.82 Å². The minimum atomic E-state index is -2.24. The first kappa shape index (κ1) is 13.9. The molecule has 0 amide bonds. The Balaban J connectivity index is 2.46. The molecule has 0 saturated heterocycles. The number of hydrogen-bond donors (Lipinski definition) is 1. The van der Waals surface area contributed by atoms with E-state index >= 15 is 0 Å². The van der Waals surface area contributed by atoms with Gasteiger partial charge in [-0.2, -0.15) is 5.11 Å². The normalized spacial score (nSPS) is 11.2. The van der Waals surface area contributed by atoms with E-state index in [1.54, 1.807) is 0 Å². The fourth-order valence-electron chi connectivity index (χ4n) is 1.33. The molecule has 0 saturated carbocycles. The largest absolute Gasteiger partial charge is 0.399 e. The molecule has 0 aliphatic heterocycles. The second-order valence-corrected chi connectivity index (χ2v) is 3.71. The van der Waals surface area contributed by atoms with Gasteiger partial charge in [-0.25, -0.2) is 22.0 Å². The van der Waals surface area contributed by atoms with Crippen LogP contribution in [0.5, 0.6) is 0 Å². The Morgan fingerprint density at radius 3 is 1.60 bits per heavy atom. The summed E-state index contributed by atoms with van der Waals surface area (Å²) in [6.45, 7) is 0. The third-order valence-electron chi connectivity index (χ3n) is 2.35. The number of benzene rings is 2. The molecule has 2 aromatic carbocycles. The molecule has 0 aliphatic rings. The first-order chi connectivity index (χ1) is 9.41. The molecule has 2 aromatic rings. The van der Waals surface area contributed by atoms with Crippen LogP contribution in [0, 0.1) is 29.1 Å². The zero-order valence-electron chi connectivity index (χ0n) is 9.67. The van der Waals surface area contributed by atoms with Crippen molar-refractivity contribution in [3.05, 3.63) is 53.4 Å². The third-order valence-corrected chi connectivity index (χ3v) is 2.35. The van der Waals surface area contributed by atoms with Gasteiger partial charge in [-0.1, -0.05) is 0 Å². The average Bonchev–Trinajstić information content (AvgIpc) is 2.45. The SMILES string of the molecule is Nc1ccc(N=Nc2c(F)c(F)c(F)c(F)c2F)cc1. The van der Waals surface area contributed by atoms with Crippen LogP contribution in [0.2, 0.25) is 0 Å². The van der Waals surface area contributed by atoms with E-state index in [2.05, 4.69) is 10.2 Å². The predicted molar refractivity (Wildman–Crippen MR) is 61.3 cm³/mol. The van der Waals surface area contributed by atoms with E-state index in [0.717, 1.165) is 0 Å². The summed E-state index contributed by atoms with van der Waals surface area (Å²) in [4.78, 5) is 0. The van der Waals surface area contributed by atoms with Crippen LogP contribution in [0.15, 0.2) is 34.5 Å². The number of anilines is 1. The topological polar surface area (TPSA) is 50.7 Å². The van der Waals surface area contributed by atoms with Gasteiger partial charge < -0.3 is 5.73 Å². The van der Waals surface area contributed by atoms with E-state index in [4.69, 9.17) is 5.73 Å². The molecule has 3 nitrogen and oxygen atoms in total. The molecule has 8 heteroatoms. The van der Waals surface area contributed by atoms with Gasteiger partial charge in [0, 0.05) is 5.69 Å². The van der Waals surface area contributed by atoms with Crippen molar-refractivity contribution < 1.29 is 22.0 Å². The Morgan fingerprint density at radius 1 is 0.650 bits per heavy atom. The van der Waals surface area contributed by atoms with Gasteiger partial charge in [0.15, 0.2) is 29.0 Å². The number of azo groups is 1. The second kappa shape index (κ2) is 5.24. The summed E-state index contributed by atoms with van der Waals surface area (Å²) in [7, 11) is 0. The third kappa shape index (κ3) is 2.44. The Hall–Kier alpha value is -2.51. The predicted octanol–water partition coefficient (Wildman–Crippen LogP) is 4.38. The molecule has 104 valence electrons. The fraction of sp³-hybridized carbons (Fsp3) is 0. The van der Waals surface area contributed by atoms with Crippen molar-refractivity contribution in [2.45, 2.75) is 0 Å². The van der Waals surface area contributed by atoms with Crippen molar-refractivity contribution in [3.63, 3.8) is 0 Å². The zero-order chi connectivity index (χ0) is 14.9. The van der Waals surface area contributed by atoms with Crippen LogP contribution in [-0.2, 0) is 0 Å². The first-order valence-corrected chi connectivity index (χ1v) is 5.20. The molecule has 0 bridgehead atoms. The number of nitrogens with zero attached hydrogens (tertiary/aromatic N) is 2. The van der Waals surface area contributed by atoms with Crippen LogP contribution < -0.4 is 5.73 Å². The van der Waals surface area contributed by atoms with E-state index in [1.165, 1.54) is 24.3 Å². The number of hydrogen-bond acceptors (Lipinski definition) is 3. The highest BCUT2D eigenvalue weighted by molar-refractivity contribution is 5.48. The summed E-state index contributed by atoms with van der Waals surface area (Å²) in [5.74, 6) is -10.5. The summed E-state index contributed by atoms with van der Waals surface area (Å²) in [5.41, 5.74) is 4.62. The maximum atomic E-state index is 13.3. The smallest absolute Gasteiger partial charge is 0.200 e. The maximum Gasteiger partial charge on any atom is 0.200 e. The van der Waals surface area contributed by atoms with Crippen molar-refractivity contribution in [1.82, 2.24) is 0 Å². The molecule has 0 fully saturated rings. The summed E-state index contributed by atoms with van der Waals surface area (Å²) in [6.07, 6.45) is 0. The van der Waals surface area contributed by atoms with Crippen LogP contribution in [0.1, 0.15) is 0 Å². The van der Waals surface area contributed by atoms with Crippen LogP contribution in [0.25, 0.3) is 0 Å². The Morgan fingerprint density at radius 2 is 1.10 bits per heavy atom. The van der Waals surface area contributed by atoms with E-state index in [-0.39, 0.29) is 5.69 Å². The van der Waals surface area contributed by atoms with Crippen LogP contribution in [0.3, 0.4) is 0 Å². The Kier molecular flexibility index (Phi) is 3.64. The summed E-state index contributed by atoms with van der Waals surface area (Å²) in [6, 6.07) is 5.61. The lowest BCUT2D eigenvalue weighted by molar-refractivity contribution is 0.380. The molecular weight excluding hydrogens is 281 g/mol. The molecule has 0 heterocycles. The van der Waals surface area contributed by atoms with Crippen molar-refractivity contribution in [3.8, 4) is 0 Å². The highest BCUT2D eigenvalue weighted by Crippen LogP contribution is 2.30. The first-order valence-electron chi connectivity index (χ1n) is 5.20. The summed E-state index contributed by atoms with van der Waals surface area (Å²) in [5, 5.41) is 6.44. The molecule has 0 radical (unpaired) electrons. The standard InChI is InChI=1S/C12H6F5N3/c13-7-8(14)10(16)12(11(17)9(7)15)20-19-6-3-1-5(18)2-4-6/h1-4H,18H2. The lowest BCUT2D eigenvalue weighted by atomic mass is 10.2. The monoisotopic (exact) mass is 287 g/mol. The molecule has 0 aliphatic carbocycles. The fourth-order valence-corrected chi connectivity index (χ4v) is 1.33. The van der Waals surface area contributed by atoms with E-state index in [1.807, 2.05) is 0 Å². The van der Waals surface area contributed by atoms with E-state index in [0.29, 0.717) is 5.69 Å². The van der Waals surface area contributed by atoms with Crippen molar-refractivity contribution in [2.75, 3.05) is 5.73 Å². The molecule has 0 spiro atoms. The number of halogens is 5. The van der Waals surface area contributed by atoms with Gasteiger partial charge in [0.25, 0.3) is 0 Å². The molecule has 0 aromatic heterocycles. The van der Waals surface area contributed by atoms with Gasteiger partial charge in [0.05, 0.1) is 5.69 Å². The van der Waals surface area contributed by atoms with E-state index in [9.17, 15) is 22.0 Å². The number of rotatable bonds is 2. The summed E-state index contributed by atoms with van der Waals surface area (Å²) >= 11 is 0. The van der Waals surface area contributed by atoms with Gasteiger partial charge in [-0.3, -0.25) is 0 Å². The van der Waals surface area contributed by atoms with Gasteiger partial charge in [-0.05, 0) is 24.3 Å². The van der Waals surface area contributed by atoms with Crippen molar-refractivity contribution in [2.24, 2.45) is 10.2 Å². The van der Waals surface area contributed by atoms with Crippen molar-refractivity contribution in [1.29, 1.82) is 0 Å². The molecule has 0 atom stereocenters. The highest BCUT2D eigenvalue weighted by atomic mass is 19.2. The highest BCUT2D eigenvalue weighted by Gasteiger charge is 2.25. The molecule has 0 unspecified atom stereocenters. The zero-order valence-corrected chi connectivity index (χ0v) is 9.67. The molecule has 2 rings (SSSR count). The minimum Gasteiger partial charge on any atom is -0.399 e. The number of nitrogens with two attached hydrogens (primary N) is 1. The van der Waals surface area contributed by atoms with Crippen molar-refractivity contribution >= 4 is 17.1 Å². The van der Waals surface area contributed by atoms with Gasteiger partial charge in [-0.15, -0.1) is 5.11 Å². The van der Waals surface area contributed by atoms with Crippen LogP contribution >= 0.6 is 0 Å². The minimum absolute atomic E-state index is 0.142. The van der Waals surface area contributed by atoms with Gasteiger partial charge in [0.1, 0.15) is 0 Å². The molecule has 20 heavy (non-hydrogen) atoms. The van der Waals surface area contributed by atoms with E-state index < -0.39 is 34.8 Å². The average molecular weight is 287 g/mol. The Labute approximate surface area is 109 Å². The quantitative estimate of drug-likeness (QED) is 0.288. The summed E-state index contributed by atoms with van der Waals surface area (Å²) < 4.78 is 65.1. The lowest BCUT2D eigenvalue weighted by Crippen LogP contribution is -2.00. The van der Waals surface area contributed by atoms with Gasteiger partial charge >= 0.3 is 0 Å².